The van der Waals surface area contributed by atoms with Crippen LogP contribution >= 0.6 is 0 Å². The van der Waals surface area contributed by atoms with E-state index >= 15 is 0 Å². The summed E-state index contributed by atoms with van der Waals surface area (Å²) in [5.74, 6) is 0.333. The molecule has 7 nitrogen and oxygen atoms in total. The van der Waals surface area contributed by atoms with Crippen LogP contribution in [0.25, 0.3) is 11.0 Å². The van der Waals surface area contributed by atoms with E-state index in [2.05, 4.69) is 9.97 Å². The molecule has 20 heavy (non-hydrogen) atoms. The van der Waals surface area contributed by atoms with Crippen molar-refractivity contribution in [1.29, 1.82) is 0 Å². The molecule has 0 radical (unpaired) electrons. The maximum absolute atomic E-state index is 10.3. The summed E-state index contributed by atoms with van der Waals surface area (Å²) in [6.07, 6.45) is 1.69. The van der Waals surface area contributed by atoms with E-state index in [1.165, 1.54) is 0 Å². The van der Waals surface area contributed by atoms with Gasteiger partial charge in [-0.25, -0.2) is 9.97 Å². The first-order chi connectivity index (χ1) is 9.48. The van der Waals surface area contributed by atoms with Crippen molar-refractivity contribution >= 4 is 16.9 Å². The average molecular weight is 278 g/mol. The van der Waals surface area contributed by atoms with Crippen LogP contribution in [0.1, 0.15) is 19.4 Å². The molecule has 3 rings (SSSR count). The molecule has 0 aliphatic heterocycles. The Morgan fingerprint density at radius 2 is 2.20 bits per heavy atom. The number of imidazole rings is 1. The van der Waals surface area contributed by atoms with E-state index in [0.717, 1.165) is 5.52 Å². The van der Waals surface area contributed by atoms with Crippen LogP contribution in [0.2, 0.25) is 0 Å². The number of aliphatic hydroxyl groups excluding tert-OH is 3. The standard InChI is InChI=1S/C13H18N4O3/c1-13(5-18)4-8(10(19)11(13)20)17-6-16-9-7(17)2-3-15-12(9)14/h2-3,6,8,10-11,18-20H,4-5H2,1H3,(H2,14,15)/t8-,10+,11+,13-/m0/s1. The van der Waals surface area contributed by atoms with Gasteiger partial charge in [0.25, 0.3) is 0 Å². The van der Waals surface area contributed by atoms with Crippen LogP contribution in [-0.4, -0.2) is 48.7 Å². The van der Waals surface area contributed by atoms with Gasteiger partial charge in [-0.05, 0) is 12.5 Å². The molecule has 2 aromatic heterocycles. The summed E-state index contributed by atoms with van der Waals surface area (Å²) in [5.41, 5.74) is 6.38. The van der Waals surface area contributed by atoms with Gasteiger partial charge in [0.2, 0.25) is 0 Å². The predicted molar refractivity (Wildman–Crippen MR) is 72.8 cm³/mol. The molecule has 7 heteroatoms. The number of anilines is 1. The quantitative estimate of drug-likeness (QED) is 0.598. The summed E-state index contributed by atoms with van der Waals surface area (Å²) in [6.45, 7) is 1.58. The molecule has 2 heterocycles. The van der Waals surface area contributed by atoms with E-state index in [4.69, 9.17) is 5.73 Å². The zero-order chi connectivity index (χ0) is 14.5. The second-order valence-corrected chi connectivity index (χ2v) is 5.73. The molecule has 0 unspecified atom stereocenters. The minimum absolute atomic E-state index is 0.182. The smallest absolute Gasteiger partial charge is 0.151 e. The first-order valence-corrected chi connectivity index (χ1v) is 6.52. The molecule has 2 aromatic rings. The molecule has 0 amide bonds. The van der Waals surface area contributed by atoms with Crippen LogP contribution in [0.5, 0.6) is 0 Å². The van der Waals surface area contributed by atoms with Crippen LogP contribution in [0.15, 0.2) is 18.6 Å². The summed E-state index contributed by atoms with van der Waals surface area (Å²) in [7, 11) is 0. The van der Waals surface area contributed by atoms with Gasteiger partial charge in [-0.15, -0.1) is 0 Å². The molecule has 0 aromatic carbocycles. The third-order valence-corrected chi connectivity index (χ3v) is 4.35. The molecule has 108 valence electrons. The van der Waals surface area contributed by atoms with Gasteiger partial charge in [0.05, 0.1) is 30.6 Å². The van der Waals surface area contributed by atoms with Crippen molar-refractivity contribution in [3.63, 3.8) is 0 Å². The number of aromatic nitrogens is 3. The molecule has 1 aliphatic rings. The van der Waals surface area contributed by atoms with Crippen molar-refractivity contribution < 1.29 is 15.3 Å². The number of pyridine rings is 1. The van der Waals surface area contributed by atoms with E-state index in [0.29, 0.717) is 17.8 Å². The molecule has 0 saturated heterocycles. The largest absolute Gasteiger partial charge is 0.396 e. The summed E-state index contributed by atoms with van der Waals surface area (Å²) in [4.78, 5) is 8.19. The zero-order valence-electron chi connectivity index (χ0n) is 11.1. The summed E-state index contributed by atoms with van der Waals surface area (Å²) < 4.78 is 1.79. The topological polar surface area (TPSA) is 117 Å². The van der Waals surface area contributed by atoms with Gasteiger partial charge in [-0.2, -0.15) is 0 Å². The summed E-state index contributed by atoms with van der Waals surface area (Å²) in [5, 5.41) is 29.9. The molecular formula is C13H18N4O3. The highest BCUT2D eigenvalue weighted by Gasteiger charge is 2.50. The predicted octanol–water partition coefficient (Wildman–Crippen LogP) is -0.321. The second-order valence-electron chi connectivity index (χ2n) is 5.73. The molecule has 5 N–H and O–H groups in total. The van der Waals surface area contributed by atoms with E-state index < -0.39 is 17.6 Å². The van der Waals surface area contributed by atoms with E-state index in [1.54, 1.807) is 30.1 Å². The average Bonchev–Trinajstić information content (AvgIpc) is 2.96. The Hall–Kier alpha value is -1.70. The maximum atomic E-state index is 10.3. The second kappa shape index (κ2) is 4.41. The molecular weight excluding hydrogens is 260 g/mol. The summed E-state index contributed by atoms with van der Waals surface area (Å²) in [6, 6.07) is 1.42. The summed E-state index contributed by atoms with van der Waals surface area (Å²) >= 11 is 0. The monoisotopic (exact) mass is 278 g/mol. The lowest BCUT2D eigenvalue weighted by Gasteiger charge is -2.25. The molecule has 1 aliphatic carbocycles. The van der Waals surface area contributed by atoms with Crippen molar-refractivity contribution in [2.45, 2.75) is 31.6 Å². The lowest BCUT2D eigenvalue weighted by molar-refractivity contribution is -0.0403. The maximum Gasteiger partial charge on any atom is 0.151 e. The Morgan fingerprint density at radius 3 is 2.85 bits per heavy atom. The Kier molecular flexibility index (Phi) is 2.93. The van der Waals surface area contributed by atoms with Gasteiger partial charge in [-0.1, -0.05) is 6.92 Å². The Balaban J connectivity index is 2.06. The molecule has 4 atom stereocenters. The van der Waals surface area contributed by atoms with Gasteiger partial charge in [0.1, 0.15) is 11.6 Å². The number of hydrogen-bond acceptors (Lipinski definition) is 6. The first kappa shape index (κ1) is 13.3. The highest BCUT2D eigenvalue weighted by Crippen LogP contribution is 2.45. The van der Waals surface area contributed by atoms with Crippen molar-refractivity contribution in [3.05, 3.63) is 18.6 Å². The van der Waals surface area contributed by atoms with Crippen molar-refractivity contribution in [2.24, 2.45) is 5.41 Å². The van der Waals surface area contributed by atoms with Gasteiger partial charge in [-0.3, -0.25) is 0 Å². The molecule has 1 fully saturated rings. The third kappa shape index (κ3) is 1.71. The van der Waals surface area contributed by atoms with Crippen LogP contribution in [0.3, 0.4) is 0 Å². The van der Waals surface area contributed by atoms with Gasteiger partial charge in [0.15, 0.2) is 5.82 Å². The van der Waals surface area contributed by atoms with E-state index in [1.807, 2.05) is 0 Å². The van der Waals surface area contributed by atoms with E-state index in [9.17, 15) is 15.3 Å². The lowest BCUT2D eigenvalue weighted by Crippen LogP contribution is -2.36. The third-order valence-electron chi connectivity index (χ3n) is 4.35. The molecule has 0 spiro atoms. The number of nitrogen functional groups attached to an aromatic ring is 1. The number of aliphatic hydroxyl groups is 3. The van der Waals surface area contributed by atoms with Crippen molar-refractivity contribution in [1.82, 2.24) is 14.5 Å². The highest BCUT2D eigenvalue weighted by molar-refractivity contribution is 5.84. The first-order valence-electron chi connectivity index (χ1n) is 6.52. The van der Waals surface area contributed by atoms with Gasteiger partial charge < -0.3 is 25.6 Å². The lowest BCUT2D eigenvalue weighted by atomic mass is 9.87. The number of hydrogen-bond donors (Lipinski definition) is 4. The van der Waals surface area contributed by atoms with Crippen LogP contribution in [0.4, 0.5) is 5.82 Å². The van der Waals surface area contributed by atoms with Crippen LogP contribution in [0, 0.1) is 5.41 Å². The fourth-order valence-corrected chi connectivity index (χ4v) is 3.01. The van der Waals surface area contributed by atoms with Crippen molar-refractivity contribution in [2.75, 3.05) is 12.3 Å². The number of nitrogens with two attached hydrogens (primary N) is 1. The number of nitrogens with zero attached hydrogens (tertiary/aromatic N) is 3. The number of rotatable bonds is 2. The molecule has 0 bridgehead atoms. The fourth-order valence-electron chi connectivity index (χ4n) is 3.01. The SMILES string of the molecule is C[C@@]1(CO)C[C@H](n2cnc3c(N)nccc32)[C@@H](O)[C@H]1O. The van der Waals surface area contributed by atoms with Crippen LogP contribution in [-0.2, 0) is 0 Å². The minimum Gasteiger partial charge on any atom is -0.396 e. The fraction of sp³-hybridized carbons (Fsp3) is 0.538. The Labute approximate surface area is 115 Å². The zero-order valence-corrected chi connectivity index (χ0v) is 11.1. The number of fused-ring (bicyclic) bond motifs is 1. The minimum atomic E-state index is -0.978. The van der Waals surface area contributed by atoms with Crippen LogP contribution < -0.4 is 5.73 Å². The van der Waals surface area contributed by atoms with Gasteiger partial charge >= 0.3 is 0 Å². The Morgan fingerprint density at radius 1 is 1.45 bits per heavy atom. The van der Waals surface area contributed by atoms with Crippen molar-refractivity contribution in [3.8, 4) is 0 Å². The van der Waals surface area contributed by atoms with E-state index in [-0.39, 0.29) is 12.6 Å². The Bertz CT molecular complexity index is 644. The normalized spacial score (nSPS) is 33.9. The highest BCUT2D eigenvalue weighted by atomic mass is 16.3. The molecule has 1 saturated carbocycles. The van der Waals surface area contributed by atoms with Gasteiger partial charge in [0, 0.05) is 11.6 Å².